The summed E-state index contributed by atoms with van der Waals surface area (Å²) in [5.41, 5.74) is 7.64. The molecule has 3 aromatic heterocycles. The number of hydrogen-bond donors (Lipinski definition) is 9. The number of carbonyl (C=O) groups excluding carboxylic acids is 3. The van der Waals surface area contributed by atoms with E-state index in [1.165, 1.54) is 18.3 Å². The van der Waals surface area contributed by atoms with Gasteiger partial charge >= 0.3 is 23.9 Å². The Morgan fingerprint density at radius 2 is 1.35 bits per heavy atom. The molecule has 2 bridgehead atoms. The molecule has 1 unspecified atom stereocenters. The van der Waals surface area contributed by atoms with Gasteiger partial charge in [0.25, 0.3) is 11.5 Å². The number of carboxylic acid groups (broad SMARTS) is 4. The Hall–Kier alpha value is -7.56. The minimum atomic E-state index is -1.26. The van der Waals surface area contributed by atoms with Crippen LogP contribution in [0.2, 0.25) is 0 Å². The minimum absolute atomic E-state index is 0.000217. The first-order chi connectivity index (χ1) is 37.0. The molecule has 4 aromatic rings. The Kier molecular flexibility index (Phi) is 25.2. The maximum atomic E-state index is 12.9. The van der Waals surface area contributed by atoms with E-state index in [9.17, 15) is 58.8 Å². The molecule has 10 N–H and O–H groups in total. The number of fused-ring (bicyclic) bond motifs is 3. The lowest BCUT2D eigenvalue weighted by Gasteiger charge is -2.32. The number of unbranched alkanes of at least 4 members (excludes halogenated alkanes) is 1. The molecule has 0 saturated heterocycles. The number of nitrogens with zero attached hydrogens (tertiary/aromatic N) is 7. The van der Waals surface area contributed by atoms with Gasteiger partial charge in [-0.25, -0.2) is 14.8 Å². The predicted molar refractivity (Wildman–Crippen MR) is 275 cm³/mol. The molecule has 0 fully saturated rings. The van der Waals surface area contributed by atoms with Gasteiger partial charge in [0.1, 0.15) is 17.9 Å². The quantitative estimate of drug-likeness (QED) is 0.0295. The first-order valence-corrected chi connectivity index (χ1v) is 25.2. The van der Waals surface area contributed by atoms with Crippen molar-refractivity contribution in [2.24, 2.45) is 0 Å². The van der Waals surface area contributed by atoms with Crippen molar-refractivity contribution in [3.05, 3.63) is 81.7 Å². The zero-order chi connectivity index (χ0) is 55.5. The number of Topliss-reactive ketones (excluding diaryl/α,β-unsaturated/α-hetero) is 1. The van der Waals surface area contributed by atoms with E-state index in [1.54, 1.807) is 45.0 Å². The lowest BCUT2D eigenvalue weighted by Crippen LogP contribution is -2.47. The normalized spacial score (nSPS) is 14.4. The van der Waals surface area contributed by atoms with Crippen LogP contribution in [0.4, 0.5) is 11.6 Å². The average molecular weight is 1080 g/mol. The summed E-state index contributed by atoms with van der Waals surface area (Å²) in [4.78, 5) is 122. The van der Waals surface area contributed by atoms with E-state index in [-0.39, 0.29) is 125 Å². The van der Waals surface area contributed by atoms with Crippen molar-refractivity contribution in [3.63, 3.8) is 0 Å². The summed E-state index contributed by atoms with van der Waals surface area (Å²) in [6.45, 7) is 3.19. The third kappa shape index (κ3) is 22.3. The zero-order valence-electron chi connectivity index (χ0n) is 42.7. The second-order valence-electron chi connectivity index (χ2n) is 18.1. The van der Waals surface area contributed by atoms with E-state index < -0.39 is 47.4 Å². The number of nitrogens with one attached hydrogen (secondary N) is 4. The fourth-order valence-corrected chi connectivity index (χ4v) is 8.11. The predicted octanol–water partition coefficient (Wildman–Crippen LogP) is 0.584. The van der Waals surface area contributed by atoms with Gasteiger partial charge in [-0.3, -0.25) is 58.2 Å². The summed E-state index contributed by atoms with van der Waals surface area (Å²) in [6, 6.07) is 9.22. The number of nitrogens with two attached hydrogens (primary N) is 1. The Morgan fingerprint density at radius 3 is 2.04 bits per heavy atom. The largest absolute Gasteiger partial charge is 0.480 e. The van der Waals surface area contributed by atoms with Crippen molar-refractivity contribution in [3.8, 4) is 0 Å². The van der Waals surface area contributed by atoms with Gasteiger partial charge in [-0.2, -0.15) is 4.98 Å². The molecule has 1 aromatic carbocycles. The molecule has 0 saturated carbocycles. The van der Waals surface area contributed by atoms with Gasteiger partial charge in [0.2, 0.25) is 11.9 Å². The van der Waals surface area contributed by atoms with Gasteiger partial charge in [0.05, 0.1) is 69.3 Å². The number of rotatable bonds is 33. The van der Waals surface area contributed by atoms with Crippen molar-refractivity contribution in [2.75, 3.05) is 96.5 Å². The highest BCUT2D eigenvalue weighted by Gasteiger charge is 2.29. The number of H-pyrrole nitrogens is 1. The smallest absolute Gasteiger partial charge is 0.326 e. The highest BCUT2D eigenvalue weighted by molar-refractivity contribution is 5.97. The number of carboxylic acids is 4. The van der Waals surface area contributed by atoms with Crippen LogP contribution in [0.1, 0.15) is 78.8 Å². The second kappa shape index (κ2) is 32.1. The fraction of sp³-hybridized carbons (Fsp3) is 0.520. The van der Waals surface area contributed by atoms with Gasteiger partial charge in [-0.15, -0.1) is 0 Å². The van der Waals surface area contributed by atoms with E-state index >= 15 is 0 Å². The summed E-state index contributed by atoms with van der Waals surface area (Å²) >= 11 is 0. The van der Waals surface area contributed by atoms with E-state index in [0.29, 0.717) is 88.2 Å². The number of ketones is 1. The van der Waals surface area contributed by atoms with Crippen molar-refractivity contribution in [1.82, 2.24) is 50.3 Å². The monoisotopic (exact) mass is 1080 g/mol. The lowest BCUT2D eigenvalue weighted by molar-refractivity contribution is -0.145. The Balaban J connectivity index is 0.871. The number of anilines is 2. The molecule has 0 aliphatic carbocycles. The topological polar surface area (TPSA) is 384 Å². The van der Waals surface area contributed by atoms with Crippen LogP contribution in [-0.2, 0) is 62.6 Å². The van der Waals surface area contributed by atoms with Gasteiger partial charge in [0.15, 0.2) is 11.2 Å². The molecule has 0 spiro atoms. The Labute approximate surface area is 442 Å². The number of amides is 2. The Bertz CT molecular complexity index is 2660. The van der Waals surface area contributed by atoms with Crippen molar-refractivity contribution in [1.29, 1.82) is 0 Å². The van der Waals surface area contributed by atoms with E-state index in [4.69, 9.17) is 19.9 Å². The average Bonchev–Trinajstić information content (AvgIpc) is 3.38. The number of aliphatic carboxylic acids is 4. The summed E-state index contributed by atoms with van der Waals surface area (Å²) < 4.78 is 16.7. The van der Waals surface area contributed by atoms with Crippen LogP contribution in [0.15, 0.2) is 53.5 Å². The van der Waals surface area contributed by atoms with Gasteiger partial charge < -0.3 is 56.3 Å². The molecule has 5 rings (SSSR count). The number of aromatic amines is 1. The van der Waals surface area contributed by atoms with Crippen LogP contribution in [0.3, 0.4) is 0 Å². The number of pyridine rings is 1. The number of carbonyl (C=O) groups is 7. The third-order valence-corrected chi connectivity index (χ3v) is 12.1. The molecule has 418 valence electrons. The number of hydrogen-bond acceptors (Lipinski definition) is 20. The number of ether oxygens (including phenoxy) is 3. The number of nitrogen functional groups attached to an aromatic ring is 1. The molecule has 1 aliphatic heterocycles. The van der Waals surface area contributed by atoms with E-state index in [0.717, 1.165) is 0 Å². The molecule has 77 heavy (non-hydrogen) atoms. The Morgan fingerprint density at radius 1 is 0.701 bits per heavy atom. The van der Waals surface area contributed by atoms with Gasteiger partial charge in [-0.1, -0.05) is 6.07 Å². The summed E-state index contributed by atoms with van der Waals surface area (Å²) in [6.07, 6.45) is 3.20. The minimum Gasteiger partial charge on any atom is -0.480 e. The first-order valence-electron chi connectivity index (χ1n) is 25.2. The van der Waals surface area contributed by atoms with Crippen LogP contribution >= 0.6 is 0 Å². The maximum Gasteiger partial charge on any atom is 0.326 e. The fourth-order valence-electron chi connectivity index (χ4n) is 8.11. The van der Waals surface area contributed by atoms with Gasteiger partial charge in [0, 0.05) is 89.5 Å². The van der Waals surface area contributed by atoms with Crippen LogP contribution in [-0.4, -0.2) is 199 Å². The zero-order valence-corrected chi connectivity index (χ0v) is 42.7. The van der Waals surface area contributed by atoms with Crippen molar-refractivity contribution >= 4 is 64.3 Å². The van der Waals surface area contributed by atoms with E-state index in [1.807, 2.05) is 0 Å². The molecular formula is C50H68N12O15. The maximum absolute atomic E-state index is 12.9. The number of aromatic nitrogens is 5. The molecule has 27 heteroatoms. The summed E-state index contributed by atoms with van der Waals surface area (Å²) in [5, 5.41) is 47.3. The van der Waals surface area contributed by atoms with Gasteiger partial charge in [-0.05, 0) is 68.5 Å². The SMILES string of the molecule is Nc1nc2ncc(CNc3ccc(C(=O)N[C@@H](CCC(=O)CCCCOCCOCCOCCCNC(=O)CCC(C(=O)O)N4CCN(CC(=O)O)CCN(CC(=O)O)Cc5cccc(n5)C4)C(=O)O)cc3)nc2c(=O)[nH]1. The van der Waals surface area contributed by atoms with E-state index in [2.05, 4.69) is 40.9 Å². The molecule has 4 heterocycles. The highest BCUT2D eigenvalue weighted by Crippen LogP contribution is 2.17. The van der Waals surface area contributed by atoms with Crippen molar-refractivity contribution in [2.45, 2.75) is 83.1 Å². The summed E-state index contributed by atoms with van der Waals surface area (Å²) in [7, 11) is 0. The molecule has 0 radical (unpaired) electrons. The van der Waals surface area contributed by atoms with Crippen LogP contribution < -0.4 is 27.2 Å². The van der Waals surface area contributed by atoms with Crippen LogP contribution in [0, 0.1) is 0 Å². The van der Waals surface area contributed by atoms with Crippen LogP contribution in [0.5, 0.6) is 0 Å². The molecular weight excluding hydrogens is 1010 g/mol. The second-order valence-corrected chi connectivity index (χ2v) is 18.1. The van der Waals surface area contributed by atoms with Crippen molar-refractivity contribution < 1.29 is 68.2 Å². The standard InChI is InChI=1S/C50H68N12O15/c51-50-58-45-44(47(70)59-50)56-37(28-54-45)27-53-34-10-8-33(9-11-34)46(69)57-39(48(71)72)13-12-38(63)7-1-2-21-75-23-25-77-26-24-76-22-4-16-52-41(64)15-14-40(49(73)74)62-20-19-60(31-42(65)66)17-18-61(32-43(67)68)29-35-5-3-6-36(30-62)55-35/h3,5-6,8-11,28,39-40,53H,1-2,4,7,12-27,29-32H2,(H,52,64)(H,57,69)(H,65,66)(H,67,68)(H,71,72)(H,73,74)(H3,51,54,58,59,70)/t39-,40?/m0/s1. The number of benzene rings is 1. The summed E-state index contributed by atoms with van der Waals surface area (Å²) in [5.74, 6) is -5.61. The lowest BCUT2D eigenvalue weighted by atomic mass is 10.0. The molecule has 27 nitrogen and oxygen atoms in total. The highest BCUT2D eigenvalue weighted by atomic mass is 16.5. The molecule has 2 amide bonds. The third-order valence-electron chi connectivity index (χ3n) is 12.1. The molecule has 2 atom stereocenters. The first kappa shape index (κ1) is 60.3. The molecule has 1 aliphatic rings. The van der Waals surface area contributed by atoms with Crippen LogP contribution in [0.25, 0.3) is 11.2 Å².